The smallest absolute Gasteiger partial charge is 0.194 e. The van der Waals surface area contributed by atoms with Crippen LogP contribution in [0.2, 0.25) is 0 Å². The molecule has 0 atom stereocenters. The van der Waals surface area contributed by atoms with Gasteiger partial charge in [-0.25, -0.2) is 4.99 Å². The number of nitrogens with one attached hydrogen (secondary N) is 1. The van der Waals surface area contributed by atoms with E-state index in [1.165, 1.54) is 15.4 Å². The number of nitrogens with zero attached hydrogens (tertiary/aromatic N) is 2. The van der Waals surface area contributed by atoms with Gasteiger partial charge in [-0.05, 0) is 49.6 Å². The van der Waals surface area contributed by atoms with Crippen molar-refractivity contribution in [3.8, 4) is 0 Å². The predicted octanol–water partition coefficient (Wildman–Crippen LogP) is 4.38. The molecule has 0 amide bonds. The van der Waals surface area contributed by atoms with Crippen LogP contribution in [-0.4, -0.2) is 41.7 Å². The highest BCUT2D eigenvalue weighted by Crippen LogP contribution is 2.27. The van der Waals surface area contributed by atoms with Crippen LogP contribution in [0, 0.1) is 0 Å². The Balaban J connectivity index is 0.00000261. The number of likely N-dealkylation sites (tertiary alicyclic amines) is 1. The summed E-state index contributed by atoms with van der Waals surface area (Å²) in [5.74, 6) is 0.946. The third kappa shape index (κ3) is 7.01. The van der Waals surface area contributed by atoms with Gasteiger partial charge >= 0.3 is 0 Å². The van der Waals surface area contributed by atoms with Gasteiger partial charge in [0.25, 0.3) is 0 Å². The minimum Gasteiger partial charge on any atom is -0.393 e. The summed E-state index contributed by atoms with van der Waals surface area (Å²) in [6.45, 7) is 5.32. The van der Waals surface area contributed by atoms with Crippen molar-refractivity contribution in [2.75, 3.05) is 19.6 Å². The third-order valence-electron chi connectivity index (χ3n) is 4.41. The summed E-state index contributed by atoms with van der Waals surface area (Å²) < 4.78 is 0. The van der Waals surface area contributed by atoms with Crippen LogP contribution in [0.5, 0.6) is 0 Å². The van der Waals surface area contributed by atoms with E-state index in [1.54, 1.807) is 11.8 Å². The molecule has 3 rings (SSSR count). The highest BCUT2D eigenvalue weighted by Gasteiger charge is 2.19. The first-order valence-electron chi connectivity index (χ1n) is 9.28. The number of aliphatic imine (C=N–C) groups is 1. The Hall–Kier alpha value is -1.25. The van der Waals surface area contributed by atoms with Gasteiger partial charge in [-0.3, -0.25) is 0 Å². The van der Waals surface area contributed by atoms with E-state index in [2.05, 4.69) is 65.7 Å². The summed E-state index contributed by atoms with van der Waals surface area (Å²) in [7, 11) is 0. The number of aliphatic hydroxyl groups is 1. The van der Waals surface area contributed by atoms with Gasteiger partial charge < -0.3 is 15.3 Å². The molecule has 0 unspecified atom stereocenters. The largest absolute Gasteiger partial charge is 0.393 e. The van der Waals surface area contributed by atoms with E-state index in [0.717, 1.165) is 38.4 Å². The number of piperidine rings is 1. The van der Waals surface area contributed by atoms with Crippen LogP contribution in [0.3, 0.4) is 0 Å². The number of guanidine groups is 1. The zero-order chi connectivity index (χ0) is 18.2. The van der Waals surface area contributed by atoms with Gasteiger partial charge in [0.1, 0.15) is 0 Å². The lowest BCUT2D eigenvalue weighted by atomic mass is 10.1. The number of hydrogen-bond acceptors (Lipinski definition) is 3. The van der Waals surface area contributed by atoms with Gasteiger partial charge in [-0.2, -0.15) is 0 Å². The molecule has 27 heavy (non-hydrogen) atoms. The average Bonchev–Trinajstić information content (AvgIpc) is 2.68. The minimum absolute atomic E-state index is 0. The Labute approximate surface area is 183 Å². The van der Waals surface area contributed by atoms with E-state index in [0.29, 0.717) is 6.54 Å². The Kier molecular flexibility index (Phi) is 9.44. The highest BCUT2D eigenvalue weighted by molar-refractivity contribution is 14.0. The van der Waals surface area contributed by atoms with Crippen LogP contribution in [0.25, 0.3) is 0 Å². The molecule has 1 aliphatic heterocycles. The van der Waals surface area contributed by atoms with Gasteiger partial charge in [-0.15, -0.1) is 24.0 Å². The quantitative estimate of drug-likeness (QED) is 0.366. The van der Waals surface area contributed by atoms with Gasteiger partial charge in [-0.1, -0.05) is 42.1 Å². The van der Waals surface area contributed by atoms with Crippen molar-refractivity contribution in [2.24, 2.45) is 4.99 Å². The van der Waals surface area contributed by atoms with Gasteiger partial charge in [0.15, 0.2) is 5.96 Å². The standard InChI is InChI=1S/C21H27N3OS.HI/c1-2-22-21(24-14-12-18(25)13-15-24)23-16-17-8-10-20(11-9-17)26-19-6-4-3-5-7-19;/h3-11,18,25H,2,12-16H2,1H3,(H,22,23);1H. The third-order valence-corrected chi connectivity index (χ3v) is 5.43. The first kappa shape index (κ1) is 22.0. The second-order valence-corrected chi connectivity index (χ2v) is 7.59. The Morgan fingerprint density at radius 1 is 1.07 bits per heavy atom. The minimum atomic E-state index is -0.163. The van der Waals surface area contributed by atoms with Crippen LogP contribution in [-0.2, 0) is 6.54 Å². The molecule has 0 bridgehead atoms. The molecule has 1 fully saturated rings. The van der Waals surface area contributed by atoms with E-state index in [1.807, 2.05) is 6.07 Å². The summed E-state index contributed by atoms with van der Waals surface area (Å²) in [5, 5.41) is 13.1. The van der Waals surface area contributed by atoms with E-state index in [-0.39, 0.29) is 30.1 Å². The van der Waals surface area contributed by atoms with Crippen LogP contribution < -0.4 is 5.32 Å². The summed E-state index contributed by atoms with van der Waals surface area (Å²) in [6, 6.07) is 19.0. The molecule has 2 aromatic carbocycles. The molecule has 0 spiro atoms. The molecule has 146 valence electrons. The molecule has 1 aliphatic rings. The monoisotopic (exact) mass is 497 g/mol. The molecular weight excluding hydrogens is 469 g/mol. The molecule has 0 saturated carbocycles. The van der Waals surface area contributed by atoms with E-state index in [9.17, 15) is 5.11 Å². The Bertz CT molecular complexity index is 701. The van der Waals surface area contributed by atoms with Crippen molar-refractivity contribution in [1.82, 2.24) is 10.2 Å². The molecule has 0 aliphatic carbocycles. The van der Waals surface area contributed by atoms with E-state index in [4.69, 9.17) is 4.99 Å². The molecule has 0 aromatic heterocycles. The topological polar surface area (TPSA) is 47.9 Å². The lowest BCUT2D eigenvalue weighted by Gasteiger charge is -2.32. The number of halogens is 1. The molecule has 2 aromatic rings. The fourth-order valence-corrected chi connectivity index (χ4v) is 3.79. The van der Waals surface area contributed by atoms with Gasteiger partial charge in [0.05, 0.1) is 12.6 Å². The molecule has 2 N–H and O–H groups in total. The summed E-state index contributed by atoms with van der Waals surface area (Å²) in [5.41, 5.74) is 1.20. The van der Waals surface area contributed by atoms with Crippen molar-refractivity contribution < 1.29 is 5.11 Å². The number of aliphatic hydroxyl groups excluding tert-OH is 1. The van der Waals surface area contributed by atoms with Gasteiger partial charge in [0.2, 0.25) is 0 Å². The zero-order valence-corrected chi connectivity index (χ0v) is 18.8. The lowest BCUT2D eigenvalue weighted by Crippen LogP contribution is -2.46. The highest BCUT2D eigenvalue weighted by atomic mass is 127. The van der Waals surface area contributed by atoms with E-state index >= 15 is 0 Å². The molecule has 1 heterocycles. The van der Waals surface area contributed by atoms with Crippen LogP contribution in [0.15, 0.2) is 69.4 Å². The van der Waals surface area contributed by atoms with Crippen molar-refractivity contribution >= 4 is 41.7 Å². The molecular formula is C21H28IN3OS. The molecule has 1 saturated heterocycles. The zero-order valence-electron chi connectivity index (χ0n) is 15.7. The van der Waals surface area contributed by atoms with Crippen molar-refractivity contribution in [3.05, 3.63) is 60.2 Å². The second kappa shape index (κ2) is 11.6. The SMILES string of the molecule is CCNC(=NCc1ccc(Sc2ccccc2)cc1)N1CCC(O)CC1.I. The van der Waals surface area contributed by atoms with Crippen LogP contribution in [0.4, 0.5) is 0 Å². The lowest BCUT2D eigenvalue weighted by molar-refractivity contribution is 0.108. The maximum absolute atomic E-state index is 9.69. The first-order valence-corrected chi connectivity index (χ1v) is 10.1. The second-order valence-electron chi connectivity index (χ2n) is 6.45. The maximum Gasteiger partial charge on any atom is 0.194 e. The summed E-state index contributed by atoms with van der Waals surface area (Å²) >= 11 is 1.77. The van der Waals surface area contributed by atoms with Crippen molar-refractivity contribution in [1.29, 1.82) is 0 Å². The normalized spacial score (nSPS) is 15.3. The number of hydrogen-bond donors (Lipinski definition) is 2. The Morgan fingerprint density at radius 2 is 1.70 bits per heavy atom. The van der Waals surface area contributed by atoms with E-state index < -0.39 is 0 Å². The number of benzene rings is 2. The summed E-state index contributed by atoms with van der Waals surface area (Å²) in [4.78, 5) is 9.52. The fourth-order valence-electron chi connectivity index (χ4n) is 2.96. The predicted molar refractivity (Wildman–Crippen MR) is 124 cm³/mol. The fraction of sp³-hybridized carbons (Fsp3) is 0.381. The number of rotatable bonds is 5. The molecule has 6 heteroatoms. The molecule has 0 radical (unpaired) electrons. The first-order chi connectivity index (χ1) is 12.7. The molecule has 4 nitrogen and oxygen atoms in total. The Morgan fingerprint density at radius 3 is 2.33 bits per heavy atom. The maximum atomic E-state index is 9.69. The van der Waals surface area contributed by atoms with Crippen molar-refractivity contribution in [2.45, 2.75) is 42.2 Å². The summed E-state index contributed by atoms with van der Waals surface area (Å²) in [6.07, 6.45) is 1.47. The van der Waals surface area contributed by atoms with Gasteiger partial charge in [0, 0.05) is 29.4 Å². The van der Waals surface area contributed by atoms with Crippen LogP contribution >= 0.6 is 35.7 Å². The average molecular weight is 497 g/mol. The van der Waals surface area contributed by atoms with Crippen LogP contribution in [0.1, 0.15) is 25.3 Å². The van der Waals surface area contributed by atoms with Crippen molar-refractivity contribution in [3.63, 3.8) is 0 Å².